The smallest absolute Gasteiger partial charge is 0.338 e. The summed E-state index contributed by atoms with van der Waals surface area (Å²) in [6.45, 7) is 14.3. The zero-order chi connectivity index (χ0) is 26.4. The second-order valence-corrected chi connectivity index (χ2v) is 10.2. The summed E-state index contributed by atoms with van der Waals surface area (Å²) in [5.74, 6) is -2.71. The Balaban J connectivity index is 0.000000340. The van der Waals surface area contributed by atoms with Crippen LogP contribution in [0.1, 0.15) is 55.4 Å². The van der Waals surface area contributed by atoms with Crippen LogP contribution in [-0.2, 0) is 38.1 Å². The quantitative estimate of drug-likeness (QED) is 0.365. The SMILES string of the molecule is C[C@@H]1CNC(=O)[C@@H]([C@@H](O)C(=O)OC(C)(C)C)O1.C[C@H]1CNC(=O)[C@@H]([C@@H](O)C(=O)OC(C)(C)C)O1. The maximum atomic E-state index is 11.6. The second kappa shape index (κ2) is 11.9. The number of hydrogen-bond donors (Lipinski definition) is 4. The first kappa shape index (κ1) is 29.8. The highest BCUT2D eigenvalue weighted by atomic mass is 16.6. The van der Waals surface area contributed by atoms with E-state index in [1.807, 2.05) is 0 Å². The van der Waals surface area contributed by atoms with Gasteiger partial charge in [0.05, 0.1) is 12.2 Å². The van der Waals surface area contributed by atoms with Gasteiger partial charge >= 0.3 is 11.9 Å². The summed E-state index contributed by atoms with van der Waals surface area (Å²) in [6, 6.07) is 0. The Morgan fingerprint density at radius 2 is 1.09 bits per heavy atom. The van der Waals surface area contributed by atoms with Crippen molar-refractivity contribution >= 4 is 23.8 Å². The van der Waals surface area contributed by atoms with Crippen LogP contribution in [0.4, 0.5) is 0 Å². The van der Waals surface area contributed by atoms with E-state index in [4.69, 9.17) is 18.9 Å². The Hall–Kier alpha value is -2.28. The normalized spacial score (nSPS) is 27.2. The molecule has 0 aromatic heterocycles. The molecule has 2 saturated heterocycles. The van der Waals surface area contributed by atoms with Crippen molar-refractivity contribution in [3.63, 3.8) is 0 Å². The predicted octanol–water partition coefficient (Wildman–Crippen LogP) is -0.815. The van der Waals surface area contributed by atoms with Crippen molar-refractivity contribution in [2.75, 3.05) is 13.1 Å². The number of aliphatic hydroxyl groups is 2. The average Bonchev–Trinajstić information content (AvgIpc) is 2.68. The van der Waals surface area contributed by atoms with Gasteiger partial charge in [-0.2, -0.15) is 0 Å². The molecule has 0 spiro atoms. The molecule has 0 unspecified atom stereocenters. The lowest BCUT2D eigenvalue weighted by Crippen LogP contribution is -2.55. The van der Waals surface area contributed by atoms with Crippen molar-refractivity contribution in [2.24, 2.45) is 0 Å². The average molecular weight is 491 g/mol. The molecule has 2 fully saturated rings. The van der Waals surface area contributed by atoms with E-state index in [1.54, 1.807) is 55.4 Å². The molecule has 0 radical (unpaired) electrons. The van der Waals surface area contributed by atoms with Gasteiger partial charge in [-0.3, -0.25) is 9.59 Å². The van der Waals surface area contributed by atoms with Crippen LogP contribution in [0.3, 0.4) is 0 Å². The van der Waals surface area contributed by atoms with Crippen LogP contribution in [-0.4, -0.2) is 94.9 Å². The Morgan fingerprint density at radius 3 is 1.35 bits per heavy atom. The molecule has 0 saturated carbocycles. The maximum Gasteiger partial charge on any atom is 0.338 e. The third kappa shape index (κ3) is 9.92. The van der Waals surface area contributed by atoms with E-state index < -0.39 is 59.4 Å². The minimum absolute atomic E-state index is 0.241. The topological polar surface area (TPSA) is 170 Å². The Morgan fingerprint density at radius 1 is 0.794 bits per heavy atom. The summed E-state index contributed by atoms with van der Waals surface area (Å²) in [6.07, 6.45) is -6.08. The zero-order valence-corrected chi connectivity index (χ0v) is 21.0. The summed E-state index contributed by atoms with van der Waals surface area (Å²) in [7, 11) is 0. The highest BCUT2D eigenvalue weighted by Crippen LogP contribution is 2.15. The number of rotatable bonds is 4. The first-order chi connectivity index (χ1) is 15.4. The van der Waals surface area contributed by atoms with Gasteiger partial charge < -0.3 is 39.8 Å². The lowest BCUT2D eigenvalue weighted by Gasteiger charge is -2.31. The first-order valence-corrected chi connectivity index (χ1v) is 11.1. The van der Waals surface area contributed by atoms with Crippen LogP contribution < -0.4 is 10.6 Å². The number of nitrogens with one attached hydrogen (secondary N) is 2. The third-order valence-corrected chi connectivity index (χ3v) is 4.27. The van der Waals surface area contributed by atoms with Gasteiger partial charge in [0.25, 0.3) is 11.8 Å². The molecule has 4 N–H and O–H groups in total. The van der Waals surface area contributed by atoms with Crippen molar-refractivity contribution in [1.29, 1.82) is 0 Å². The van der Waals surface area contributed by atoms with Crippen LogP contribution in [0.25, 0.3) is 0 Å². The van der Waals surface area contributed by atoms with Gasteiger partial charge in [0.15, 0.2) is 24.4 Å². The number of amides is 2. The summed E-state index contributed by atoms with van der Waals surface area (Å²) >= 11 is 0. The number of ether oxygens (including phenoxy) is 4. The van der Waals surface area contributed by atoms with Crippen molar-refractivity contribution in [3.8, 4) is 0 Å². The van der Waals surface area contributed by atoms with Gasteiger partial charge in [0.2, 0.25) is 0 Å². The Labute approximate surface area is 199 Å². The van der Waals surface area contributed by atoms with Gasteiger partial charge in [-0.05, 0) is 55.4 Å². The molecule has 12 heteroatoms. The molecule has 0 aromatic rings. The van der Waals surface area contributed by atoms with Gasteiger partial charge in [0.1, 0.15) is 11.2 Å². The summed E-state index contributed by atoms with van der Waals surface area (Å²) < 4.78 is 20.4. The number of morpholine rings is 2. The predicted molar refractivity (Wildman–Crippen MR) is 118 cm³/mol. The monoisotopic (exact) mass is 490 g/mol. The molecular formula is C22H38N2O10. The molecule has 2 aliphatic heterocycles. The van der Waals surface area contributed by atoms with Gasteiger partial charge in [-0.1, -0.05) is 0 Å². The van der Waals surface area contributed by atoms with Crippen molar-refractivity contribution < 1.29 is 48.3 Å². The highest BCUT2D eigenvalue weighted by molar-refractivity contribution is 5.89. The zero-order valence-electron chi connectivity index (χ0n) is 21.0. The fraction of sp³-hybridized carbons (Fsp3) is 0.818. The molecule has 2 amide bonds. The molecule has 6 atom stereocenters. The van der Waals surface area contributed by atoms with Crippen LogP contribution in [0, 0.1) is 0 Å². The summed E-state index contributed by atoms with van der Waals surface area (Å²) in [4.78, 5) is 46.1. The van der Waals surface area contributed by atoms with Crippen molar-refractivity contribution in [2.45, 2.75) is 103 Å². The molecule has 2 heterocycles. The molecule has 34 heavy (non-hydrogen) atoms. The fourth-order valence-electron chi connectivity index (χ4n) is 2.82. The largest absolute Gasteiger partial charge is 0.458 e. The molecule has 2 rings (SSSR count). The molecule has 196 valence electrons. The first-order valence-electron chi connectivity index (χ1n) is 11.1. The lowest BCUT2D eigenvalue weighted by atomic mass is 10.1. The van der Waals surface area contributed by atoms with Gasteiger partial charge in [-0.25, -0.2) is 9.59 Å². The van der Waals surface area contributed by atoms with E-state index in [0.29, 0.717) is 13.1 Å². The highest BCUT2D eigenvalue weighted by Gasteiger charge is 2.40. The van der Waals surface area contributed by atoms with E-state index in [2.05, 4.69) is 10.6 Å². The molecule has 0 bridgehead atoms. The number of hydrogen-bond acceptors (Lipinski definition) is 10. The van der Waals surface area contributed by atoms with Gasteiger partial charge in [0, 0.05) is 13.1 Å². The minimum atomic E-state index is -1.60. The van der Waals surface area contributed by atoms with E-state index in [9.17, 15) is 29.4 Å². The lowest BCUT2D eigenvalue weighted by molar-refractivity contribution is -0.183. The molecule has 0 aromatic carbocycles. The van der Waals surface area contributed by atoms with Gasteiger partial charge in [-0.15, -0.1) is 0 Å². The molecule has 0 aliphatic carbocycles. The van der Waals surface area contributed by atoms with E-state index in [0.717, 1.165) is 0 Å². The maximum absolute atomic E-state index is 11.6. The fourth-order valence-corrected chi connectivity index (χ4v) is 2.82. The number of carbonyl (C=O) groups is 4. The van der Waals surface area contributed by atoms with E-state index >= 15 is 0 Å². The molecule has 2 aliphatic rings. The third-order valence-electron chi connectivity index (χ3n) is 4.27. The number of aliphatic hydroxyl groups excluding tert-OH is 2. The van der Waals surface area contributed by atoms with Crippen molar-refractivity contribution in [1.82, 2.24) is 10.6 Å². The summed E-state index contributed by atoms with van der Waals surface area (Å²) in [5.41, 5.74) is -1.43. The van der Waals surface area contributed by atoms with Crippen LogP contribution in [0.5, 0.6) is 0 Å². The number of carbonyl (C=O) groups excluding carboxylic acids is 4. The van der Waals surface area contributed by atoms with Crippen LogP contribution >= 0.6 is 0 Å². The van der Waals surface area contributed by atoms with E-state index in [-0.39, 0.29) is 12.2 Å². The van der Waals surface area contributed by atoms with Crippen LogP contribution in [0.2, 0.25) is 0 Å². The Bertz CT molecular complexity index is 681. The van der Waals surface area contributed by atoms with Crippen LogP contribution in [0.15, 0.2) is 0 Å². The van der Waals surface area contributed by atoms with E-state index in [1.165, 1.54) is 0 Å². The number of esters is 2. The standard InChI is InChI=1S/2C11H19NO5/c2*1-6-5-12-9(14)8(16-6)7(13)10(15)17-11(2,3)4/h2*6-8,13H,5H2,1-4H3,(H,12,14)/t6-,7+,8+;6-,7-,8-/m01/s1. The summed E-state index contributed by atoms with van der Waals surface area (Å²) in [5, 5.41) is 24.6. The van der Waals surface area contributed by atoms with Crippen molar-refractivity contribution in [3.05, 3.63) is 0 Å². The molecular weight excluding hydrogens is 452 g/mol. The Kier molecular flexibility index (Phi) is 10.4. The minimum Gasteiger partial charge on any atom is -0.458 e. The molecule has 12 nitrogen and oxygen atoms in total. The second-order valence-electron chi connectivity index (χ2n) is 10.2.